The Hall–Kier alpha value is -2.32. The monoisotopic (exact) mass is 560 g/mol. The lowest BCUT2D eigenvalue weighted by Gasteiger charge is -2.13. The molecule has 9 heteroatoms. The van der Waals surface area contributed by atoms with Crippen LogP contribution < -0.4 is 5.32 Å². The number of carbonyl (C=O) groups is 1. The molecule has 0 aliphatic carbocycles. The zero-order chi connectivity index (χ0) is 23.4. The molecule has 0 bridgehead atoms. The first-order chi connectivity index (χ1) is 15.9. The third-order valence-electron chi connectivity index (χ3n) is 4.98. The first kappa shape index (κ1) is 23.8. The molecule has 1 N–H and O–H groups in total. The van der Waals surface area contributed by atoms with Crippen LogP contribution in [-0.2, 0) is 12.3 Å². The molecule has 4 aromatic rings. The summed E-state index contributed by atoms with van der Waals surface area (Å²) in [5.41, 5.74) is 3.68. The summed E-state index contributed by atoms with van der Waals surface area (Å²) in [5.74, 6) is 1.09. The van der Waals surface area contributed by atoms with Gasteiger partial charge >= 0.3 is 0 Å². The van der Waals surface area contributed by atoms with Crippen molar-refractivity contribution in [2.45, 2.75) is 24.4 Å². The third-order valence-corrected chi connectivity index (χ3v) is 7.03. The fraction of sp³-hybridized carbons (Fsp3) is 0.125. The van der Waals surface area contributed by atoms with Gasteiger partial charge in [-0.1, -0.05) is 75.2 Å². The number of halogens is 3. The molecule has 168 valence electrons. The maximum absolute atomic E-state index is 12.6. The van der Waals surface area contributed by atoms with E-state index < -0.39 is 0 Å². The van der Waals surface area contributed by atoms with E-state index in [2.05, 4.69) is 50.5 Å². The SMILES string of the molecule is Cc1ccccc1CSc1nnc(CNC(=O)c2ccc(Br)cc2)n1-c1ccc(Cl)cc1Cl. The lowest BCUT2D eigenvalue weighted by Crippen LogP contribution is -2.24. The van der Waals surface area contributed by atoms with Crippen molar-refractivity contribution in [1.82, 2.24) is 20.1 Å². The molecule has 1 amide bonds. The number of aromatic nitrogens is 3. The van der Waals surface area contributed by atoms with Crippen LogP contribution in [0.5, 0.6) is 0 Å². The Kier molecular flexibility index (Phi) is 7.75. The van der Waals surface area contributed by atoms with Crippen molar-refractivity contribution in [2.75, 3.05) is 0 Å². The largest absolute Gasteiger partial charge is 0.345 e. The van der Waals surface area contributed by atoms with E-state index in [9.17, 15) is 4.79 Å². The molecule has 0 aliphatic heterocycles. The van der Waals surface area contributed by atoms with Gasteiger partial charge in [0.1, 0.15) is 0 Å². The van der Waals surface area contributed by atoms with Crippen molar-refractivity contribution in [3.05, 3.63) is 104 Å². The molecule has 1 aromatic heterocycles. The smallest absolute Gasteiger partial charge is 0.251 e. The lowest BCUT2D eigenvalue weighted by atomic mass is 10.1. The topological polar surface area (TPSA) is 59.8 Å². The van der Waals surface area contributed by atoms with Crippen LogP contribution in [0.15, 0.2) is 76.4 Å². The molecule has 0 unspecified atom stereocenters. The minimum Gasteiger partial charge on any atom is -0.345 e. The summed E-state index contributed by atoms with van der Waals surface area (Å²) >= 11 is 17.6. The summed E-state index contributed by atoms with van der Waals surface area (Å²) in [5, 5.41) is 13.3. The van der Waals surface area contributed by atoms with Gasteiger partial charge in [-0.2, -0.15) is 0 Å². The number of amides is 1. The highest BCUT2D eigenvalue weighted by Gasteiger charge is 2.18. The first-order valence-corrected chi connectivity index (χ1v) is 12.6. The van der Waals surface area contributed by atoms with Crippen molar-refractivity contribution in [1.29, 1.82) is 0 Å². The van der Waals surface area contributed by atoms with E-state index in [0.29, 0.717) is 32.3 Å². The molecule has 1 heterocycles. The van der Waals surface area contributed by atoms with Gasteiger partial charge in [-0.05, 0) is 60.5 Å². The highest BCUT2D eigenvalue weighted by molar-refractivity contribution is 9.10. The quantitative estimate of drug-likeness (QED) is 0.250. The Morgan fingerprint density at radius 3 is 2.55 bits per heavy atom. The van der Waals surface area contributed by atoms with Crippen LogP contribution in [0.25, 0.3) is 5.69 Å². The molecule has 3 aromatic carbocycles. The van der Waals surface area contributed by atoms with Crippen LogP contribution in [0.4, 0.5) is 0 Å². The Balaban J connectivity index is 1.61. The van der Waals surface area contributed by atoms with Crippen molar-refractivity contribution in [3.8, 4) is 5.69 Å². The van der Waals surface area contributed by atoms with Crippen LogP contribution in [0.2, 0.25) is 10.0 Å². The average Bonchev–Trinajstić information content (AvgIpc) is 3.20. The number of nitrogens with zero attached hydrogens (tertiary/aromatic N) is 3. The van der Waals surface area contributed by atoms with Gasteiger partial charge in [0.25, 0.3) is 5.91 Å². The zero-order valence-electron chi connectivity index (χ0n) is 17.6. The predicted octanol–water partition coefficient (Wildman–Crippen LogP) is 6.87. The summed E-state index contributed by atoms with van der Waals surface area (Å²) in [4.78, 5) is 12.6. The average molecular weight is 562 g/mol. The molecule has 33 heavy (non-hydrogen) atoms. The van der Waals surface area contributed by atoms with Gasteiger partial charge in [-0.15, -0.1) is 10.2 Å². The standard InChI is InChI=1S/C24H19BrCl2N4OS/c1-15-4-2-3-5-17(15)14-33-24-30-29-22(31(24)21-11-10-19(26)12-20(21)27)13-28-23(32)16-6-8-18(25)9-7-16/h2-12H,13-14H2,1H3,(H,28,32). The maximum Gasteiger partial charge on any atom is 0.251 e. The fourth-order valence-corrected chi connectivity index (χ4v) is 4.99. The van der Waals surface area contributed by atoms with Gasteiger partial charge in [-0.25, -0.2) is 0 Å². The molecule has 0 atom stereocenters. The second-order valence-electron chi connectivity index (χ2n) is 7.23. The van der Waals surface area contributed by atoms with Gasteiger partial charge in [-0.3, -0.25) is 9.36 Å². The number of rotatable bonds is 7. The second-order valence-corrected chi connectivity index (χ2v) is 9.94. The highest BCUT2D eigenvalue weighted by atomic mass is 79.9. The number of carbonyl (C=O) groups excluding carboxylic acids is 1. The summed E-state index contributed by atoms with van der Waals surface area (Å²) < 4.78 is 2.77. The van der Waals surface area contributed by atoms with Gasteiger partial charge in [0.2, 0.25) is 0 Å². The normalized spacial score (nSPS) is 10.9. The van der Waals surface area contributed by atoms with Crippen molar-refractivity contribution in [3.63, 3.8) is 0 Å². The molecule has 0 spiro atoms. The number of thioether (sulfide) groups is 1. The third kappa shape index (κ3) is 5.79. The maximum atomic E-state index is 12.6. The summed E-state index contributed by atoms with van der Waals surface area (Å²) in [6, 6.07) is 20.6. The van der Waals surface area contributed by atoms with E-state index in [1.807, 2.05) is 34.9 Å². The van der Waals surface area contributed by atoms with E-state index in [0.717, 1.165) is 10.2 Å². The lowest BCUT2D eigenvalue weighted by molar-refractivity contribution is 0.0949. The number of hydrogen-bond acceptors (Lipinski definition) is 4. The predicted molar refractivity (Wildman–Crippen MR) is 137 cm³/mol. The van der Waals surface area contributed by atoms with Gasteiger partial charge in [0.05, 0.1) is 17.3 Å². The van der Waals surface area contributed by atoms with E-state index in [1.165, 1.54) is 11.1 Å². The number of aryl methyl sites for hydroxylation is 1. The van der Waals surface area contributed by atoms with Crippen molar-refractivity contribution >= 4 is 56.8 Å². The van der Waals surface area contributed by atoms with Crippen LogP contribution in [0, 0.1) is 6.92 Å². The van der Waals surface area contributed by atoms with Crippen LogP contribution in [0.3, 0.4) is 0 Å². The summed E-state index contributed by atoms with van der Waals surface area (Å²) in [6.45, 7) is 2.27. The summed E-state index contributed by atoms with van der Waals surface area (Å²) in [7, 11) is 0. The molecule has 0 fully saturated rings. The molecule has 0 radical (unpaired) electrons. The Labute approximate surface area is 214 Å². The molecule has 0 saturated heterocycles. The molecular formula is C24H19BrCl2N4OS. The van der Waals surface area contributed by atoms with E-state index in [4.69, 9.17) is 23.2 Å². The minimum atomic E-state index is -0.201. The van der Waals surface area contributed by atoms with Crippen LogP contribution >= 0.6 is 50.9 Å². The molecular weight excluding hydrogens is 543 g/mol. The molecule has 5 nitrogen and oxygen atoms in total. The number of benzene rings is 3. The first-order valence-electron chi connectivity index (χ1n) is 10.0. The Bertz CT molecular complexity index is 1290. The van der Waals surface area contributed by atoms with E-state index >= 15 is 0 Å². The van der Waals surface area contributed by atoms with Crippen LogP contribution in [-0.4, -0.2) is 20.7 Å². The zero-order valence-corrected chi connectivity index (χ0v) is 21.5. The van der Waals surface area contributed by atoms with Gasteiger partial charge < -0.3 is 5.32 Å². The molecule has 4 rings (SSSR count). The van der Waals surface area contributed by atoms with Crippen LogP contribution in [0.1, 0.15) is 27.3 Å². The van der Waals surface area contributed by atoms with E-state index in [1.54, 1.807) is 36.0 Å². The number of nitrogens with one attached hydrogen (secondary N) is 1. The van der Waals surface area contributed by atoms with Gasteiger partial charge in [0.15, 0.2) is 11.0 Å². The van der Waals surface area contributed by atoms with Crippen molar-refractivity contribution in [2.24, 2.45) is 0 Å². The molecule has 0 aliphatic rings. The van der Waals surface area contributed by atoms with E-state index in [-0.39, 0.29) is 12.5 Å². The Morgan fingerprint density at radius 1 is 1.06 bits per heavy atom. The highest BCUT2D eigenvalue weighted by Crippen LogP contribution is 2.31. The minimum absolute atomic E-state index is 0.186. The van der Waals surface area contributed by atoms with Crippen molar-refractivity contribution < 1.29 is 4.79 Å². The summed E-state index contributed by atoms with van der Waals surface area (Å²) in [6.07, 6.45) is 0. The second kappa shape index (κ2) is 10.7. The Morgan fingerprint density at radius 2 is 1.82 bits per heavy atom. The van der Waals surface area contributed by atoms with Gasteiger partial charge in [0, 0.05) is 20.8 Å². The molecule has 0 saturated carbocycles. The fourth-order valence-electron chi connectivity index (χ4n) is 3.19. The number of hydrogen-bond donors (Lipinski definition) is 1.